The monoisotopic (exact) mass is 326 g/mol. The summed E-state index contributed by atoms with van der Waals surface area (Å²) in [4.78, 5) is 24.9. The van der Waals surface area contributed by atoms with E-state index in [1.165, 1.54) is 30.3 Å². The molecule has 0 atom stereocenters. The Balaban J connectivity index is 1.96. The number of aromatic nitrogens is 2. The molecule has 2 aromatic carbocycles. The van der Waals surface area contributed by atoms with E-state index in [2.05, 4.69) is 10.1 Å². The average molecular weight is 326 g/mol. The van der Waals surface area contributed by atoms with Gasteiger partial charge in [-0.25, -0.2) is 0 Å². The Labute approximate surface area is 134 Å². The van der Waals surface area contributed by atoms with Gasteiger partial charge in [-0.1, -0.05) is 17.3 Å². The first-order chi connectivity index (χ1) is 11.5. The fraction of sp³-hybridized carbons (Fsp3) is 0.0667. The minimum absolute atomic E-state index is 0.00262. The quantitative estimate of drug-likeness (QED) is 0.530. The lowest BCUT2D eigenvalue weighted by molar-refractivity contribution is -0.385. The number of rotatable bonds is 4. The van der Waals surface area contributed by atoms with Gasteiger partial charge in [-0.2, -0.15) is 4.98 Å². The lowest BCUT2D eigenvalue weighted by Crippen LogP contribution is -1.92. The summed E-state index contributed by atoms with van der Waals surface area (Å²) in [5, 5.41) is 25.5. The highest BCUT2D eigenvalue weighted by Crippen LogP contribution is 2.27. The van der Waals surface area contributed by atoms with Crippen LogP contribution in [0.1, 0.15) is 5.56 Å². The number of nitro groups is 2. The van der Waals surface area contributed by atoms with Gasteiger partial charge in [-0.3, -0.25) is 20.2 Å². The highest BCUT2D eigenvalue weighted by molar-refractivity contribution is 5.63. The fourth-order valence-electron chi connectivity index (χ4n) is 2.21. The van der Waals surface area contributed by atoms with Crippen LogP contribution < -0.4 is 0 Å². The maximum absolute atomic E-state index is 10.8. The van der Waals surface area contributed by atoms with Gasteiger partial charge in [0.2, 0.25) is 5.82 Å². The zero-order valence-corrected chi connectivity index (χ0v) is 12.4. The minimum Gasteiger partial charge on any atom is -0.334 e. The van der Waals surface area contributed by atoms with Crippen LogP contribution in [0.15, 0.2) is 47.0 Å². The van der Waals surface area contributed by atoms with Crippen molar-refractivity contribution >= 4 is 11.4 Å². The fourth-order valence-corrected chi connectivity index (χ4v) is 2.21. The molecule has 3 aromatic rings. The Morgan fingerprint density at radius 3 is 2.46 bits per heavy atom. The number of hydrogen-bond donors (Lipinski definition) is 0. The van der Waals surface area contributed by atoms with E-state index >= 15 is 0 Å². The first-order valence-corrected chi connectivity index (χ1v) is 6.79. The van der Waals surface area contributed by atoms with Crippen molar-refractivity contribution in [2.24, 2.45) is 0 Å². The van der Waals surface area contributed by atoms with Crippen LogP contribution in [0.5, 0.6) is 0 Å². The Bertz CT molecular complexity index is 951. The molecule has 9 heteroatoms. The average Bonchev–Trinajstić information content (AvgIpc) is 3.04. The molecule has 0 aliphatic heterocycles. The second-order valence-corrected chi connectivity index (χ2v) is 4.99. The van der Waals surface area contributed by atoms with Crippen molar-refractivity contribution < 1.29 is 14.4 Å². The van der Waals surface area contributed by atoms with Gasteiger partial charge in [-0.15, -0.1) is 0 Å². The van der Waals surface area contributed by atoms with Gasteiger partial charge < -0.3 is 4.52 Å². The first-order valence-electron chi connectivity index (χ1n) is 6.79. The Morgan fingerprint density at radius 2 is 1.79 bits per heavy atom. The maximum Gasteiger partial charge on any atom is 0.272 e. The van der Waals surface area contributed by atoms with Gasteiger partial charge >= 0.3 is 0 Å². The molecule has 0 unspecified atom stereocenters. The zero-order chi connectivity index (χ0) is 17.3. The van der Waals surface area contributed by atoms with Crippen molar-refractivity contribution in [2.45, 2.75) is 6.92 Å². The number of benzene rings is 2. The Hall–Kier alpha value is -3.62. The van der Waals surface area contributed by atoms with Crippen molar-refractivity contribution in [3.63, 3.8) is 0 Å². The third kappa shape index (κ3) is 2.82. The number of aryl methyl sites for hydroxylation is 1. The zero-order valence-electron chi connectivity index (χ0n) is 12.4. The van der Waals surface area contributed by atoms with Crippen LogP contribution in [0, 0.1) is 27.2 Å². The molecular weight excluding hydrogens is 316 g/mol. The van der Waals surface area contributed by atoms with E-state index in [-0.39, 0.29) is 23.1 Å². The van der Waals surface area contributed by atoms with Crippen LogP contribution in [0.4, 0.5) is 11.4 Å². The van der Waals surface area contributed by atoms with E-state index in [9.17, 15) is 20.2 Å². The van der Waals surface area contributed by atoms with Crippen molar-refractivity contribution in [3.8, 4) is 22.8 Å². The van der Waals surface area contributed by atoms with Crippen molar-refractivity contribution in [1.29, 1.82) is 0 Å². The molecule has 1 heterocycles. The molecule has 24 heavy (non-hydrogen) atoms. The number of hydrogen-bond acceptors (Lipinski definition) is 7. The molecule has 0 radical (unpaired) electrons. The summed E-state index contributed by atoms with van der Waals surface area (Å²) in [6.07, 6.45) is 0. The molecule has 0 saturated carbocycles. The molecule has 9 nitrogen and oxygen atoms in total. The summed E-state index contributed by atoms with van der Waals surface area (Å²) in [7, 11) is 0. The van der Waals surface area contributed by atoms with Crippen LogP contribution in [0.3, 0.4) is 0 Å². The predicted molar refractivity (Wildman–Crippen MR) is 83.2 cm³/mol. The molecule has 3 rings (SSSR count). The predicted octanol–water partition coefficient (Wildman–Crippen LogP) is 3.53. The standard InChI is InChI=1S/C15H10N4O5/c1-9-7-11(5-6-13(9)19(22)23)15-16-14(17-24-15)10-3-2-4-12(8-10)18(20)21/h2-8H,1H3. The van der Waals surface area contributed by atoms with Gasteiger partial charge in [0.05, 0.1) is 9.85 Å². The summed E-state index contributed by atoms with van der Waals surface area (Å²) in [6.45, 7) is 1.61. The molecule has 0 aliphatic rings. The van der Waals surface area contributed by atoms with Crippen LogP contribution >= 0.6 is 0 Å². The lowest BCUT2D eigenvalue weighted by Gasteiger charge is -1.98. The first kappa shape index (κ1) is 15.3. The Kier molecular flexibility index (Phi) is 3.74. The molecule has 1 aromatic heterocycles. The van der Waals surface area contributed by atoms with Gasteiger partial charge in [0.25, 0.3) is 17.3 Å². The topological polar surface area (TPSA) is 125 Å². The molecular formula is C15H10N4O5. The maximum atomic E-state index is 10.8. The number of nitrogens with zero attached hydrogens (tertiary/aromatic N) is 4. The van der Waals surface area contributed by atoms with E-state index in [0.717, 1.165) is 0 Å². The van der Waals surface area contributed by atoms with E-state index in [1.54, 1.807) is 19.1 Å². The van der Waals surface area contributed by atoms with Gasteiger partial charge in [0, 0.05) is 34.9 Å². The second-order valence-electron chi connectivity index (χ2n) is 4.99. The lowest BCUT2D eigenvalue weighted by atomic mass is 10.1. The normalized spacial score (nSPS) is 10.5. The molecule has 0 N–H and O–H groups in total. The highest BCUT2D eigenvalue weighted by Gasteiger charge is 2.16. The van der Waals surface area contributed by atoms with E-state index < -0.39 is 9.85 Å². The molecule has 0 fully saturated rings. The molecule has 0 bridgehead atoms. The third-order valence-electron chi connectivity index (χ3n) is 3.38. The largest absolute Gasteiger partial charge is 0.334 e. The van der Waals surface area contributed by atoms with Crippen LogP contribution in [0.25, 0.3) is 22.8 Å². The van der Waals surface area contributed by atoms with Crippen molar-refractivity contribution in [3.05, 3.63) is 68.3 Å². The van der Waals surface area contributed by atoms with Crippen molar-refractivity contribution in [1.82, 2.24) is 10.1 Å². The van der Waals surface area contributed by atoms with Crippen LogP contribution in [-0.4, -0.2) is 20.0 Å². The second kappa shape index (κ2) is 5.88. The summed E-state index contributed by atoms with van der Waals surface area (Å²) in [6, 6.07) is 10.3. The molecule has 0 spiro atoms. The molecule has 0 aliphatic carbocycles. The third-order valence-corrected chi connectivity index (χ3v) is 3.38. The number of non-ortho nitro benzene ring substituents is 1. The molecule has 0 amide bonds. The summed E-state index contributed by atoms with van der Waals surface area (Å²) < 4.78 is 5.16. The van der Waals surface area contributed by atoms with Crippen LogP contribution in [0.2, 0.25) is 0 Å². The van der Waals surface area contributed by atoms with E-state index in [0.29, 0.717) is 16.7 Å². The Morgan fingerprint density at radius 1 is 1.00 bits per heavy atom. The summed E-state index contributed by atoms with van der Waals surface area (Å²) in [5.74, 6) is 0.374. The van der Waals surface area contributed by atoms with Crippen LogP contribution in [-0.2, 0) is 0 Å². The number of nitro benzene ring substituents is 2. The molecule has 0 saturated heterocycles. The van der Waals surface area contributed by atoms with E-state index in [4.69, 9.17) is 4.52 Å². The van der Waals surface area contributed by atoms with Gasteiger partial charge in [0.15, 0.2) is 0 Å². The smallest absolute Gasteiger partial charge is 0.272 e. The van der Waals surface area contributed by atoms with E-state index in [1.807, 2.05) is 0 Å². The van der Waals surface area contributed by atoms with Gasteiger partial charge in [0.1, 0.15) is 0 Å². The van der Waals surface area contributed by atoms with Gasteiger partial charge in [-0.05, 0) is 19.1 Å². The minimum atomic E-state index is -0.510. The molecule has 120 valence electrons. The van der Waals surface area contributed by atoms with Crippen molar-refractivity contribution in [2.75, 3.05) is 0 Å². The summed E-state index contributed by atoms with van der Waals surface area (Å²) >= 11 is 0. The summed E-state index contributed by atoms with van der Waals surface area (Å²) in [5.41, 5.74) is 1.36. The highest BCUT2D eigenvalue weighted by atomic mass is 16.6. The SMILES string of the molecule is Cc1cc(-c2nc(-c3cccc([N+](=O)[O-])c3)no2)ccc1[N+](=O)[O-].